The molecule has 16 heavy (non-hydrogen) atoms. The number of amides is 1. The third kappa shape index (κ3) is 3.68. The quantitative estimate of drug-likeness (QED) is 0.746. The predicted molar refractivity (Wildman–Crippen MR) is 64.3 cm³/mol. The third-order valence-corrected chi connectivity index (χ3v) is 2.55. The van der Waals surface area contributed by atoms with Gasteiger partial charge in [-0.25, -0.2) is 4.98 Å². The average molecular weight is 223 g/mol. The Hall–Kier alpha value is -1.32. The fraction of sp³-hybridized carbons (Fsp3) is 0.667. The summed E-state index contributed by atoms with van der Waals surface area (Å²) in [6.07, 6.45) is 5.00. The van der Waals surface area contributed by atoms with Crippen LogP contribution >= 0.6 is 0 Å². The van der Waals surface area contributed by atoms with Crippen LogP contribution in [-0.4, -0.2) is 22.0 Å². The number of hydrogen-bond acceptors (Lipinski definition) is 2. The second kappa shape index (κ2) is 6.30. The van der Waals surface area contributed by atoms with Crippen LogP contribution in [0.25, 0.3) is 0 Å². The van der Waals surface area contributed by atoms with Crippen LogP contribution in [0.3, 0.4) is 0 Å². The first-order valence-electron chi connectivity index (χ1n) is 5.96. The van der Waals surface area contributed by atoms with Gasteiger partial charge in [0, 0.05) is 12.7 Å². The predicted octanol–water partition coefficient (Wildman–Crippen LogP) is 1.67. The number of aryl methyl sites for hydroxylation is 2. The van der Waals surface area contributed by atoms with E-state index < -0.39 is 0 Å². The van der Waals surface area contributed by atoms with Crippen molar-refractivity contribution >= 4 is 5.91 Å². The molecule has 1 amide bonds. The number of rotatable bonds is 6. The largest absolute Gasteiger partial charge is 0.355 e. The van der Waals surface area contributed by atoms with Crippen LogP contribution in [0.2, 0.25) is 0 Å². The number of imidazole rings is 1. The highest BCUT2D eigenvalue weighted by Gasteiger charge is 2.06. The standard InChI is InChI=1S/C12H21N3O/c1-4-6-7-13-12(16)9-15-8-11(5-2)14-10(15)3/h8H,4-7,9H2,1-3H3,(H,13,16). The molecule has 0 radical (unpaired) electrons. The molecule has 1 aromatic rings. The summed E-state index contributed by atoms with van der Waals surface area (Å²) < 4.78 is 1.90. The lowest BCUT2D eigenvalue weighted by Crippen LogP contribution is -2.28. The van der Waals surface area contributed by atoms with E-state index >= 15 is 0 Å². The van der Waals surface area contributed by atoms with Gasteiger partial charge in [0.1, 0.15) is 12.4 Å². The Morgan fingerprint density at radius 2 is 2.25 bits per heavy atom. The van der Waals surface area contributed by atoms with Gasteiger partial charge in [-0.1, -0.05) is 20.3 Å². The topological polar surface area (TPSA) is 46.9 Å². The SMILES string of the molecule is CCCCNC(=O)Cn1cc(CC)nc1C. The summed E-state index contributed by atoms with van der Waals surface area (Å²) in [5, 5.41) is 2.90. The number of nitrogens with zero attached hydrogens (tertiary/aromatic N) is 2. The van der Waals surface area contributed by atoms with Crippen molar-refractivity contribution in [3.8, 4) is 0 Å². The molecule has 1 heterocycles. The molecular weight excluding hydrogens is 202 g/mol. The Kier molecular flexibility index (Phi) is 5.02. The van der Waals surface area contributed by atoms with E-state index in [2.05, 4.69) is 24.1 Å². The van der Waals surface area contributed by atoms with Crippen molar-refractivity contribution in [2.45, 2.75) is 46.6 Å². The zero-order valence-electron chi connectivity index (χ0n) is 10.4. The Labute approximate surface area is 97.1 Å². The maximum absolute atomic E-state index is 11.6. The van der Waals surface area contributed by atoms with Gasteiger partial charge in [-0.2, -0.15) is 0 Å². The van der Waals surface area contributed by atoms with Crippen LogP contribution in [-0.2, 0) is 17.8 Å². The van der Waals surface area contributed by atoms with Gasteiger partial charge >= 0.3 is 0 Å². The lowest BCUT2D eigenvalue weighted by Gasteiger charge is -2.06. The van der Waals surface area contributed by atoms with Crippen molar-refractivity contribution in [3.63, 3.8) is 0 Å². The molecule has 0 fully saturated rings. The Bertz CT molecular complexity index is 344. The maximum Gasteiger partial charge on any atom is 0.239 e. The lowest BCUT2D eigenvalue weighted by molar-refractivity contribution is -0.121. The first kappa shape index (κ1) is 12.7. The molecule has 90 valence electrons. The number of carbonyl (C=O) groups excluding carboxylic acids is 1. The highest BCUT2D eigenvalue weighted by molar-refractivity contribution is 5.75. The average Bonchev–Trinajstić information content (AvgIpc) is 2.60. The summed E-state index contributed by atoms with van der Waals surface area (Å²) in [5.74, 6) is 0.971. The molecule has 0 aliphatic carbocycles. The molecule has 0 saturated heterocycles. The lowest BCUT2D eigenvalue weighted by atomic mass is 10.3. The summed E-state index contributed by atoms with van der Waals surface area (Å²) in [4.78, 5) is 15.9. The minimum absolute atomic E-state index is 0.0663. The van der Waals surface area contributed by atoms with E-state index in [1.54, 1.807) is 0 Å². The van der Waals surface area contributed by atoms with Crippen molar-refractivity contribution in [2.75, 3.05) is 6.54 Å². The second-order valence-electron chi connectivity index (χ2n) is 3.96. The van der Waals surface area contributed by atoms with Gasteiger partial charge < -0.3 is 9.88 Å². The molecule has 4 nitrogen and oxygen atoms in total. The molecule has 1 rings (SSSR count). The molecule has 0 saturated carbocycles. The highest BCUT2D eigenvalue weighted by atomic mass is 16.1. The smallest absolute Gasteiger partial charge is 0.239 e. The van der Waals surface area contributed by atoms with Crippen molar-refractivity contribution in [2.24, 2.45) is 0 Å². The van der Waals surface area contributed by atoms with Crippen LogP contribution in [0.5, 0.6) is 0 Å². The molecule has 1 aromatic heterocycles. The van der Waals surface area contributed by atoms with Gasteiger partial charge in [0.2, 0.25) is 5.91 Å². The molecule has 0 aliphatic rings. The number of carbonyl (C=O) groups is 1. The second-order valence-corrected chi connectivity index (χ2v) is 3.96. The van der Waals surface area contributed by atoms with Gasteiger partial charge in [-0.3, -0.25) is 4.79 Å². The number of hydrogen-bond donors (Lipinski definition) is 1. The number of unbranched alkanes of at least 4 members (excludes halogenated alkanes) is 1. The molecule has 1 N–H and O–H groups in total. The minimum atomic E-state index is 0.0663. The minimum Gasteiger partial charge on any atom is -0.355 e. The molecule has 0 atom stereocenters. The molecule has 0 bridgehead atoms. The third-order valence-electron chi connectivity index (χ3n) is 2.55. The molecule has 0 aromatic carbocycles. The zero-order chi connectivity index (χ0) is 12.0. The maximum atomic E-state index is 11.6. The number of nitrogens with one attached hydrogen (secondary N) is 1. The summed E-state index contributed by atoms with van der Waals surface area (Å²) in [6.45, 7) is 7.25. The zero-order valence-corrected chi connectivity index (χ0v) is 10.4. The Morgan fingerprint density at radius 1 is 1.50 bits per heavy atom. The Morgan fingerprint density at radius 3 is 2.81 bits per heavy atom. The first-order chi connectivity index (χ1) is 7.67. The van der Waals surface area contributed by atoms with Crippen LogP contribution in [0.4, 0.5) is 0 Å². The van der Waals surface area contributed by atoms with E-state index in [0.29, 0.717) is 6.54 Å². The van der Waals surface area contributed by atoms with E-state index in [-0.39, 0.29) is 5.91 Å². The fourth-order valence-electron chi connectivity index (χ4n) is 1.52. The summed E-state index contributed by atoms with van der Waals surface area (Å²) in [7, 11) is 0. The van der Waals surface area contributed by atoms with Crippen molar-refractivity contribution in [1.82, 2.24) is 14.9 Å². The van der Waals surface area contributed by atoms with Crippen LogP contribution in [0.15, 0.2) is 6.20 Å². The van der Waals surface area contributed by atoms with Gasteiger partial charge in [-0.15, -0.1) is 0 Å². The van der Waals surface area contributed by atoms with Crippen molar-refractivity contribution in [3.05, 3.63) is 17.7 Å². The van der Waals surface area contributed by atoms with Crippen molar-refractivity contribution < 1.29 is 4.79 Å². The van der Waals surface area contributed by atoms with Crippen molar-refractivity contribution in [1.29, 1.82) is 0 Å². The normalized spacial score (nSPS) is 10.4. The van der Waals surface area contributed by atoms with E-state index in [4.69, 9.17) is 0 Å². The summed E-state index contributed by atoms with van der Waals surface area (Å²) in [6, 6.07) is 0. The number of aromatic nitrogens is 2. The van der Waals surface area contributed by atoms with E-state index in [9.17, 15) is 4.79 Å². The molecule has 0 unspecified atom stereocenters. The highest BCUT2D eigenvalue weighted by Crippen LogP contribution is 2.02. The monoisotopic (exact) mass is 223 g/mol. The molecule has 0 spiro atoms. The Balaban J connectivity index is 2.45. The molecule has 0 aliphatic heterocycles. The summed E-state index contributed by atoms with van der Waals surface area (Å²) in [5.41, 5.74) is 1.04. The van der Waals surface area contributed by atoms with Crippen LogP contribution in [0, 0.1) is 6.92 Å². The van der Waals surface area contributed by atoms with Crippen LogP contribution in [0.1, 0.15) is 38.2 Å². The van der Waals surface area contributed by atoms with E-state index in [0.717, 1.165) is 37.3 Å². The van der Waals surface area contributed by atoms with Crippen LogP contribution < -0.4 is 5.32 Å². The van der Waals surface area contributed by atoms with Gasteiger partial charge in [0.15, 0.2) is 0 Å². The van der Waals surface area contributed by atoms with Gasteiger partial charge in [0.25, 0.3) is 0 Å². The van der Waals surface area contributed by atoms with E-state index in [1.807, 2.05) is 17.7 Å². The summed E-state index contributed by atoms with van der Waals surface area (Å²) >= 11 is 0. The van der Waals surface area contributed by atoms with E-state index in [1.165, 1.54) is 0 Å². The first-order valence-corrected chi connectivity index (χ1v) is 5.96. The van der Waals surface area contributed by atoms with Gasteiger partial charge in [-0.05, 0) is 19.8 Å². The molecule has 4 heteroatoms. The fourth-order valence-corrected chi connectivity index (χ4v) is 1.52. The molecular formula is C12H21N3O. The van der Waals surface area contributed by atoms with Gasteiger partial charge in [0.05, 0.1) is 5.69 Å².